The molecule has 0 aliphatic carbocycles. The van der Waals surface area contributed by atoms with Crippen molar-refractivity contribution in [2.75, 3.05) is 148 Å². The molecule has 0 saturated carbocycles. The van der Waals surface area contributed by atoms with Crippen molar-refractivity contribution in [1.29, 1.82) is 0 Å². The highest BCUT2D eigenvalue weighted by atomic mass is 31.2. The second-order valence-corrected chi connectivity index (χ2v) is 22.1. The molecule has 30 heteroatoms. The van der Waals surface area contributed by atoms with E-state index in [0.29, 0.717) is 107 Å². The molecule has 0 saturated heterocycles. The van der Waals surface area contributed by atoms with E-state index in [1.54, 1.807) is 46.4 Å². The first kappa shape index (κ1) is 69.8. The molecule has 4 aromatic rings. The van der Waals surface area contributed by atoms with Crippen LogP contribution in [0.4, 0.5) is 34.1 Å². The zero-order valence-corrected chi connectivity index (χ0v) is 46.7. The van der Waals surface area contributed by atoms with Crippen molar-refractivity contribution in [3.8, 4) is 11.5 Å². The molecule has 0 spiro atoms. The molecule has 436 valence electrons. The molecule has 0 atom stereocenters. The third-order valence-electron chi connectivity index (χ3n) is 10.7. The van der Waals surface area contributed by atoms with E-state index in [2.05, 4.69) is 27.8 Å². The topological polar surface area (TPSA) is 390 Å². The molecule has 10 N–H and O–H groups in total. The van der Waals surface area contributed by atoms with E-state index < -0.39 is 55.4 Å². The lowest BCUT2D eigenvalue weighted by atomic mass is 10.2. The van der Waals surface area contributed by atoms with Gasteiger partial charge < -0.3 is 79.9 Å². The maximum atomic E-state index is 12.4. The summed E-state index contributed by atoms with van der Waals surface area (Å²) in [5.74, 6) is 1.37. The van der Waals surface area contributed by atoms with Crippen LogP contribution in [0.1, 0.15) is 74.7 Å². The Bertz CT molecular complexity index is 2800. The summed E-state index contributed by atoms with van der Waals surface area (Å²) in [4.78, 5) is 110. The molecule has 0 fully saturated rings. The Labute approximate surface area is 447 Å². The number of rotatable bonds is 21. The van der Waals surface area contributed by atoms with Gasteiger partial charge in [-0.15, -0.1) is 0 Å². The van der Waals surface area contributed by atoms with Crippen LogP contribution in [-0.2, 0) is 31.8 Å². The van der Waals surface area contributed by atoms with Crippen molar-refractivity contribution in [3.05, 3.63) is 94.2 Å². The van der Waals surface area contributed by atoms with Crippen molar-refractivity contribution in [3.63, 3.8) is 0 Å². The average molecular weight is 1150 g/mol. The van der Waals surface area contributed by atoms with Gasteiger partial charge in [-0.05, 0) is 80.3 Å². The normalized spacial score (nSPS) is 13.8. The summed E-state index contributed by atoms with van der Waals surface area (Å²) in [6.45, 7) is 21.8. The fraction of sp³-hybridized carbons (Fsp3) is 0.617. The molecule has 0 amide bonds. The van der Waals surface area contributed by atoms with Crippen molar-refractivity contribution < 1.29 is 51.1 Å². The Kier molecular flexibility index (Phi) is 31.4. The van der Waals surface area contributed by atoms with Gasteiger partial charge in [0.2, 0.25) is 11.5 Å². The number of nitrogens with two attached hydrogens (primary N) is 2. The average Bonchev–Trinajstić information content (AvgIpc) is 3.84. The zero-order chi connectivity index (χ0) is 57.2. The Morgan fingerprint density at radius 2 is 0.870 bits per heavy atom. The Balaban J connectivity index is 0.000000481. The van der Waals surface area contributed by atoms with Gasteiger partial charge in [-0.2, -0.15) is 0 Å². The minimum absolute atomic E-state index is 0. The van der Waals surface area contributed by atoms with E-state index >= 15 is 0 Å². The number of ether oxygens (including phenoxy) is 2. The van der Waals surface area contributed by atoms with Crippen LogP contribution in [0, 0.1) is 0 Å². The first-order chi connectivity index (χ1) is 36.0. The van der Waals surface area contributed by atoms with Gasteiger partial charge in [-0.3, -0.25) is 52.1 Å². The highest BCUT2D eigenvalue weighted by Gasteiger charge is 2.32. The number of anilines is 6. The van der Waals surface area contributed by atoms with Crippen LogP contribution in [-0.4, -0.2) is 127 Å². The zero-order valence-electron chi connectivity index (χ0n) is 44.1. The molecule has 3 heterocycles. The van der Waals surface area contributed by atoms with Gasteiger partial charge >= 0.3 is 22.8 Å². The van der Waals surface area contributed by atoms with Gasteiger partial charge in [0.05, 0.1) is 52.0 Å². The van der Waals surface area contributed by atoms with Crippen LogP contribution in [0.15, 0.2) is 50.8 Å². The van der Waals surface area contributed by atoms with Crippen LogP contribution >= 0.6 is 22.8 Å². The molecule has 77 heavy (non-hydrogen) atoms. The molecule has 4 aromatic carbocycles. The highest BCUT2D eigenvalue weighted by Crippen LogP contribution is 2.49. The van der Waals surface area contributed by atoms with Crippen LogP contribution in [0.5, 0.6) is 11.5 Å². The van der Waals surface area contributed by atoms with E-state index in [9.17, 15) is 52.1 Å². The molecular formula is C47H79N8O19P3. The van der Waals surface area contributed by atoms with Crippen LogP contribution in [0.2, 0.25) is 0 Å². The predicted octanol–water partition coefficient (Wildman–Crippen LogP) is 2.17. The Morgan fingerprint density at radius 1 is 0.519 bits per heavy atom. The van der Waals surface area contributed by atoms with Crippen LogP contribution in [0.3, 0.4) is 0 Å². The second-order valence-electron chi connectivity index (χ2n) is 16.1. The first-order valence-electron chi connectivity index (χ1n) is 24.9. The summed E-state index contributed by atoms with van der Waals surface area (Å²) in [6, 6.07) is 0. The smallest absolute Gasteiger partial charge is 0.353 e. The van der Waals surface area contributed by atoms with E-state index in [0.717, 1.165) is 45.4 Å². The van der Waals surface area contributed by atoms with Gasteiger partial charge in [-0.1, -0.05) is 14.0 Å². The predicted molar refractivity (Wildman–Crippen MR) is 303 cm³/mol. The minimum Gasteiger partial charge on any atom is -0.486 e. The monoisotopic (exact) mass is 1150 g/mol. The molecule has 0 unspecified atom stereocenters. The van der Waals surface area contributed by atoms with Gasteiger partial charge in [0, 0.05) is 58.2 Å². The largest absolute Gasteiger partial charge is 0.486 e. The van der Waals surface area contributed by atoms with E-state index in [1.165, 1.54) is 5.82 Å². The second kappa shape index (κ2) is 34.7. The lowest BCUT2D eigenvalue weighted by Crippen LogP contribution is -2.42. The van der Waals surface area contributed by atoms with Gasteiger partial charge in [0.15, 0.2) is 0 Å². The fourth-order valence-corrected chi connectivity index (χ4v) is 10.3. The highest BCUT2D eigenvalue weighted by molar-refractivity contribution is 7.57. The first-order valence-corrected chi connectivity index (χ1v) is 30.1. The molecule has 27 nitrogen and oxygen atoms in total. The SMILES string of the molecule is C.C=CP(=O)(OCC)OCC.CCOP(=O)(CCN1CCCNc2c1c(=O)c2=O)OCC.CCOc1c(OCC)c(=O)c1=O.NCCCN.O=c1c2c(c1=O)N(CCP(=O)(O)O)CCCN2.O=c1c2c(c1=O)NCCCN2. The molecule has 7 rings (SSSR count). The summed E-state index contributed by atoms with van der Waals surface area (Å²) >= 11 is 0. The van der Waals surface area contributed by atoms with Gasteiger partial charge in [0.25, 0.3) is 43.4 Å². The van der Waals surface area contributed by atoms with E-state index in [-0.39, 0.29) is 54.3 Å². The van der Waals surface area contributed by atoms with E-state index in [1.807, 2.05) is 4.90 Å². The third kappa shape index (κ3) is 20.5. The summed E-state index contributed by atoms with van der Waals surface area (Å²) in [5.41, 5.74) is 8.48. The van der Waals surface area contributed by atoms with Crippen molar-refractivity contribution in [1.82, 2.24) is 0 Å². The molecule has 3 aliphatic rings. The Morgan fingerprint density at radius 3 is 1.19 bits per heavy atom. The van der Waals surface area contributed by atoms with Crippen molar-refractivity contribution in [2.45, 2.75) is 74.7 Å². The minimum atomic E-state index is -4.08. The molecule has 3 aliphatic heterocycles. The molecule has 0 bridgehead atoms. The Hall–Kier alpha value is -5.17. The number of hydrogen-bond donors (Lipinski definition) is 8. The number of hydrogen-bond acceptors (Lipinski definition) is 25. The summed E-state index contributed by atoms with van der Waals surface area (Å²) in [6.07, 6.45) is 3.29. The third-order valence-corrected chi connectivity index (χ3v) is 15.2. The van der Waals surface area contributed by atoms with Crippen LogP contribution < -0.4 is 95.4 Å². The maximum absolute atomic E-state index is 12.4. The molecule has 0 aromatic heterocycles. The maximum Gasteiger partial charge on any atom is 0.353 e. The number of nitrogens with one attached hydrogen (secondary N) is 4. The summed E-state index contributed by atoms with van der Waals surface area (Å²) < 4.78 is 64.4. The molecular weight excluding hydrogens is 1070 g/mol. The van der Waals surface area contributed by atoms with Crippen molar-refractivity contribution in [2.24, 2.45) is 11.5 Å². The standard InChI is InChI=1S/C13H21N2O5P.C9H13N2O5P.C8H10O4.C7H8N2O2.C6H13O3P.C3H10N2.CH4/c1-3-19-21(18,20-4-2)9-8-15-7-5-6-14-10-11(15)13(17)12(10)16;12-8-6-7(9(8)13)11(3-1-2-10-6)4-5-17(14,15)16;1-3-11-7-5(9)6(10)8(7)12-4-2;10-6-4-5(7(6)11)9-3-1-2-8-4;1-4-8-10(7,6-3)9-5-2;4-2-1-3-5;/h14H,3-9H2,1-2H3;10H,1-5H2,(H2,14,15,16);3-4H2,1-2H3;8-9H,1-3H2;6H,3-5H2,1-2H3;1-5H2;1H4. The number of fused-ring (bicyclic) bond motifs is 3. The quantitative estimate of drug-likeness (QED) is 0.0438. The van der Waals surface area contributed by atoms with Crippen LogP contribution in [0.25, 0.3) is 0 Å². The van der Waals surface area contributed by atoms with Gasteiger partial charge in [-0.25, -0.2) is 0 Å². The van der Waals surface area contributed by atoms with E-state index in [4.69, 9.17) is 48.8 Å². The number of nitrogens with zero attached hydrogens (tertiary/aromatic N) is 2. The van der Waals surface area contributed by atoms with Gasteiger partial charge in [0.1, 0.15) is 34.1 Å². The fourth-order valence-electron chi connectivity index (χ4n) is 7.15. The lowest BCUT2D eigenvalue weighted by Gasteiger charge is -2.26. The lowest BCUT2D eigenvalue weighted by molar-refractivity contribution is 0.220. The van der Waals surface area contributed by atoms with Crippen molar-refractivity contribution >= 4 is 56.9 Å². The summed E-state index contributed by atoms with van der Waals surface area (Å²) in [7, 11) is -10.2. The summed E-state index contributed by atoms with van der Waals surface area (Å²) in [5, 5.41) is 11.7. The molecule has 0 radical (unpaired) electrons.